The van der Waals surface area contributed by atoms with Crippen molar-refractivity contribution in [3.05, 3.63) is 157 Å². The second-order valence-electron chi connectivity index (χ2n) is 13.3. The molecule has 210 valence electrons. The molecule has 9 aromatic rings. The molecule has 0 saturated heterocycles. The molecule has 0 heteroatoms. The molecule has 0 aromatic heterocycles. The van der Waals surface area contributed by atoms with Crippen LogP contribution in [-0.4, -0.2) is 0 Å². The van der Waals surface area contributed by atoms with Crippen LogP contribution in [0.5, 0.6) is 0 Å². The van der Waals surface area contributed by atoms with Crippen molar-refractivity contribution >= 4 is 53.9 Å². The molecule has 0 aliphatic heterocycles. The van der Waals surface area contributed by atoms with Gasteiger partial charge in [-0.1, -0.05) is 153 Å². The highest BCUT2D eigenvalue weighted by Crippen LogP contribution is 2.51. The highest BCUT2D eigenvalue weighted by Gasteiger charge is 2.33. The van der Waals surface area contributed by atoms with Gasteiger partial charge in [-0.2, -0.15) is 0 Å². The summed E-state index contributed by atoms with van der Waals surface area (Å²) in [4.78, 5) is 0. The van der Waals surface area contributed by atoms with Crippen LogP contribution in [0.25, 0.3) is 87.2 Å². The maximum absolute atomic E-state index is 2.48. The van der Waals surface area contributed by atoms with Gasteiger partial charge < -0.3 is 0 Å². The molecule has 9 aromatic carbocycles. The van der Waals surface area contributed by atoms with Gasteiger partial charge in [-0.15, -0.1) is 0 Å². The van der Waals surface area contributed by atoms with E-state index in [2.05, 4.69) is 159 Å². The molecule has 0 fully saturated rings. The lowest BCUT2D eigenvalue weighted by molar-refractivity contribution is 0.645. The molecule has 45 heavy (non-hydrogen) atoms. The summed E-state index contributed by atoms with van der Waals surface area (Å²) in [5, 5.41) is 13.2. The van der Waals surface area contributed by atoms with Gasteiger partial charge >= 0.3 is 0 Å². The van der Waals surface area contributed by atoms with Crippen molar-refractivity contribution in [1.82, 2.24) is 0 Å². The first-order valence-electron chi connectivity index (χ1n) is 15.9. The zero-order valence-corrected chi connectivity index (χ0v) is 25.4. The second-order valence-corrected chi connectivity index (χ2v) is 13.3. The maximum atomic E-state index is 2.48. The van der Waals surface area contributed by atoms with E-state index in [4.69, 9.17) is 0 Å². The molecular formula is C45H30. The average Bonchev–Trinajstić information content (AvgIpc) is 3.09. The first kappa shape index (κ1) is 24.9. The van der Waals surface area contributed by atoms with Gasteiger partial charge in [-0.3, -0.25) is 0 Å². The lowest BCUT2D eigenvalue weighted by atomic mass is 9.68. The smallest absolute Gasteiger partial charge is 0.0159 e. The van der Waals surface area contributed by atoms with E-state index in [0.29, 0.717) is 0 Å². The predicted octanol–water partition coefficient (Wildman–Crippen LogP) is 12.5. The third-order valence-electron chi connectivity index (χ3n) is 10.6. The molecule has 0 nitrogen and oxygen atoms in total. The summed E-state index contributed by atoms with van der Waals surface area (Å²) in [6.07, 6.45) is 0. The summed E-state index contributed by atoms with van der Waals surface area (Å²) in [5.74, 6) is 0. The van der Waals surface area contributed by atoms with Gasteiger partial charge in [0.05, 0.1) is 0 Å². The Morgan fingerprint density at radius 2 is 0.978 bits per heavy atom. The Hall–Kier alpha value is -5.46. The normalized spacial score (nSPS) is 13.7. The maximum Gasteiger partial charge on any atom is 0.0159 e. The fourth-order valence-electron chi connectivity index (χ4n) is 8.48. The van der Waals surface area contributed by atoms with Crippen molar-refractivity contribution in [1.29, 1.82) is 0 Å². The van der Waals surface area contributed by atoms with Gasteiger partial charge in [0.2, 0.25) is 0 Å². The van der Waals surface area contributed by atoms with Crippen LogP contribution < -0.4 is 0 Å². The second kappa shape index (κ2) is 8.80. The summed E-state index contributed by atoms with van der Waals surface area (Å²) in [6.45, 7) is 4.76. The molecule has 0 amide bonds. The Kier molecular flexibility index (Phi) is 4.88. The Morgan fingerprint density at radius 3 is 1.82 bits per heavy atom. The van der Waals surface area contributed by atoms with Gasteiger partial charge in [0.15, 0.2) is 0 Å². The fraction of sp³-hybridized carbons (Fsp3) is 0.0667. The highest BCUT2D eigenvalue weighted by molar-refractivity contribution is 6.26. The number of benzene rings is 9. The molecule has 0 spiro atoms. The van der Waals surface area contributed by atoms with Crippen LogP contribution in [0.3, 0.4) is 0 Å². The Morgan fingerprint density at radius 1 is 0.356 bits per heavy atom. The van der Waals surface area contributed by atoms with Gasteiger partial charge in [0, 0.05) is 5.41 Å². The molecule has 0 heterocycles. The van der Waals surface area contributed by atoms with Crippen molar-refractivity contribution in [3.63, 3.8) is 0 Å². The van der Waals surface area contributed by atoms with E-state index in [1.54, 1.807) is 0 Å². The molecule has 1 aliphatic rings. The van der Waals surface area contributed by atoms with E-state index in [9.17, 15) is 0 Å². The zero-order chi connectivity index (χ0) is 29.9. The van der Waals surface area contributed by atoms with Gasteiger partial charge in [0.25, 0.3) is 0 Å². The topological polar surface area (TPSA) is 0 Å². The van der Waals surface area contributed by atoms with Crippen molar-refractivity contribution < 1.29 is 0 Å². The molecular weight excluding hydrogens is 540 g/mol. The standard InChI is InChI=1S/C45H30/c1-45(2)39-25-21-32(26-38(39)35-14-6-11-28-12-7-15-40(45)43(28)35)42-33-13-4-3-8-27(33)18-23-36(42)34-22-19-31-17-16-29-9-5-10-30-20-24-37(34)44(31)41(29)30/h3-26H,1-2H3. The van der Waals surface area contributed by atoms with E-state index < -0.39 is 0 Å². The molecule has 0 bridgehead atoms. The highest BCUT2D eigenvalue weighted by atomic mass is 14.4. The van der Waals surface area contributed by atoms with E-state index in [0.717, 1.165) is 0 Å². The first-order valence-corrected chi connectivity index (χ1v) is 15.9. The molecule has 0 unspecified atom stereocenters. The van der Waals surface area contributed by atoms with E-state index >= 15 is 0 Å². The lowest BCUT2D eigenvalue weighted by Crippen LogP contribution is -2.23. The largest absolute Gasteiger partial charge is 0.0616 e. The SMILES string of the molecule is CC1(C)c2ccc(-c3c(-c4ccc5ccc6cccc7ccc4c5c67)ccc4ccccc34)cc2-c2cccc3cccc1c23. The zero-order valence-electron chi connectivity index (χ0n) is 25.4. The van der Waals surface area contributed by atoms with Crippen LogP contribution in [0.2, 0.25) is 0 Å². The summed E-state index contributed by atoms with van der Waals surface area (Å²) >= 11 is 0. The molecule has 0 N–H and O–H groups in total. The molecule has 0 atom stereocenters. The van der Waals surface area contributed by atoms with E-state index in [1.807, 2.05) is 0 Å². The third-order valence-corrected chi connectivity index (χ3v) is 10.6. The minimum Gasteiger partial charge on any atom is -0.0616 e. The van der Waals surface area contributed by atoms with Crippen molar-refractivity contribution in [2.45, 2.75) is 19.3 Å². The van der Waals surface area contributed by atoms with Crippen LogP contribution in [0.4, 0.5) is 0 Å². The van der Waals surface area contributed by atoms with Crippen molar-refractivity contribution in [2.24, 2.45) is 0 Å². The predicted molar refractivity (Wildman–Crippen MR) is 194 cm³/mol. The summed E-state index contributed by atoms with van der Waals surface area (Å²) in [6, 6.07) is 54.8. The van der Waals surface area contributed by atoms with Gasteiger partial charge in [0.1, 0.15) is 0 Å². The summed E-state index contributed by atoms with van der Waals surface area (Å²) in [7, 11) is 0. The number of rotatable bonds is 2. The molecule has 0 saturated carbocycles. The van der Waals surface area contributed by atoms with E-state index in [1.165, 1.54) is 98.4 Å². The quantitative estimate of drug-likeness (QED) is 0.181. The number of hydrogen-bond acceptors (Lipinski definition) is 0. The number of fused-ring (bicyclic) bond motifs is 3. The Bertz CT molecular complexity index is 2650. The fourth-order valence-corrected chi connectivity index (χ4v) is 8.48. The summed E-state index contributed by atoms with van der Waals surface area (Å²) in [5.41, 5.74) is 10.5. The minimum absolute atomic E-state index is 0.0879. The van der Waals surface area contributed by atoms with Crippen LogP contribution in [0.1, 0.15) is 25.0 Å². The van der Waals surface area contributed by atoms with Crippen molar-refractivity contribution in [2.75, 3.05) is 0 Å². The molecule has 10 rings (SSSR count). The van der Waals surface area contributed by atoms with Crippen LogP contribution in [-0.2, 0) is 5.41 Å². The number of hydrogen-bond donors (Lipinski definition) is 0. The van der Waals surface area contributed by atoms with Crippen LogP contribution in [0, 0.1) is 0 Å². The van der Waals surface area contributed by atoms with Crippen LogP contribution in [0.15, 0.2) is 146 Å². The Labute approximate surface area is 262 Å². The lowest BCUT2D eigenvalue weighted by Gasteiger charge is -2.35. The van der Waals surface area contributed by atoms with E-state index in [-0.39, 0.29) is 5.41 Å². The first-order chi connectivity index (χ1) is 22.1. The molecule has 0 radical (unpaired) electrons. The average molecular weight is 571 g/mol. The van der Waals surface area contributed by atoms with Crippen molar-refractivity contribution in [3.8, 4) is 33.4 Å². The molecule has 1 aliphatic carbocycles. The third kappa shape index (κ3) is 3.32. The minimum atomic E-state index is -0.0879. The van der Waals surface area contributed by atoms with Crippen LogP contribution >= 0.6 is 0 Å². The summed E-state index contributed by atoms with van der Waals surface area (Å²) < 4.78 is 0. The van der Waals surface area contributed by atoms with Gasteiger partial charge in [-0.25, -0.2) is 0 Å². The Balaban J connectivity index is 1.30. The van der Waals surface area contributed by atoms with Gasteiger partial charge in [-0.05, 0) is 104 Å². The monoisotopic (exact) mass is 570 g/mol.